The summed E-state index contributed by atoms with van der Waals surface area (Å²) in [5, 5.41) is 13.4. The number of hydrogen-bond acceptors (Lipinski definition) is 2. The molecule has 3 nitrogen and oxygen atoms in total. The Balaban J connectivity index is 2.33. The standard InChI is InChI=1S/C10H15N2OP/c1-11-8-9-12(2,13)14(11)10-6-4-3-5-7-10/h3-7H,8-9H2,1-2H3. The zero-order valence-corrected chi connectivity index (χ0v) is 9.45. The van der Waals surface area contributed by atoms with Crippen LogP contribution in [0.4, 0.5) is 0 Å². The molecule has 76 valence electrons. The van der Waals surface area contributed by atoms with E-state index in [0.29, 0.717) is 6.54 Å². The molecule has 0 spiro atoms. The summed E-state index contributed by atoms with van der Waals surface area (Å²) in [5.41, 5.74) is 0. The van der Waals surface area contributed by atoms with E-state index in [-0.39, 0.29) is 4.42 Å². The van der Waals surface area contributed by atoms with Crippen LogP contribution in [0, 0.1) is 5.21 Å². The highest BCUT2D eigenvalue weighted by Gasteiger charge is 2.38. The van der Waals surface area contributed by atoms with Gasteiger partial charge in [0.05, 0.1) is 20.1 Å². The fourth-order valence-electron chi connectivity index (χ4n) is 1.85. The first kappa shape index (κ1) is 10.1. The van der Waals surface area contributed by atoms with Gasteiger partial charge in [-0.2, -0.15) is 0 Å². The molecule has 2 atom stereocenters. The first-order chi connectivity index (χ1) is 6.61. The molecular weight excluding hydrogens is 195 g/mol. The fourth-order valence-corrected chi connectivity index (χ4v) is 4.37. The van der Waals surface area contributed by atoms with Crippen LogP contribution in [0.5, 0.6) is 0 Å². The lowest BCUT2D eigenvalue weighted by Gasteiger charge is -2.39. The van der Waals surface area contributed by atoms with Gasteiger partial charge in [0, 0.05) is 5.30 Å². The summed E-state index contributed by atoms with van der Waals surface area (Å²) in [7, 11) is 3.09. The van der Waals surface area contributed by atoms with E-state index in [0.717, 1.165) is 6.54 Å². The molecule has 1 fully saturated rings. The van der Waals surface area contributed by atoms with E-state index in [2.05, 4.69) is 16.8 Å². The van der Waals surface area contributed by atoms with Crippen LogP contribution < -0.4 is 5.30 Å². The maximum absolute atomic E-state index is 12.2. The molecule has 0 saturated carbocycles. The largest absolute Gasteiger partial charge is 0.631 e. The number of quaternary nitrogens is 1. The van der Waals surface area contributed by atoms with Gasteiger partial charge in [0.2, 0.25) is 8.22 Å². The molecule has 0 aromatic heterocycles. The third-order valence-electron chi connectivity index (χ3n) is 2.55. The number of rotatable bonds is 1. The van der Waals surface area contributed by atoms with Crippen molar-refractivity contribution in [3.63, 3.8) is 0 Å². The van der Waals surface area contributed by atoms with E-state index in [1.165, 1.54) is 5.30 Å². The first-order valence-corrected chi connectivity index (χ1v) is 5.99. The quantitative estimate of drug-likeness (QED) is 0.519. The van der Waals surface area contributed by atoms with Crippen LogP contribution in [0.2, 0.25) is 0 Å². The Morgan fingerprint density at radius 1 is 1.36 bits per heavy atom. The van der Waals surface area contributed by atoms with Gasteiger partial charge in [-0.1, -0.05) is 18.2 Å². The molecule has 0 aliphatic carbocycles. The summed E-state index contributed by atoms with van der Waals surface area (Å²) in [6.45, 7) is 1.61. The van der Waals surface area contributed by atoms with Crippen LogP contribution in [0.3, 0.4) is 0 Å². The van der Waals surface area contributed by atoms with E-state index >= 15 is 0 Å². The molecular formula is C10H15N2OP. The second kappa shape index (κ2) is 3.59. The molecule has 1 heterocycles. The van der Waals surface area contributed by atoms with Gasteiger partial charge in [-0.05, 0) is 19.2 Å². The Morgan fingerprint density at radius 2 is 2.00 bits per heavy atom. The second-order valence-corrected chi connectivity index (χ2v) is 6.41. The molecule has 1 aliphatic rings. The molecule has 1 aromatic rings. The second-order valence-electron chi connectivity index (χ2n) is 3.78. The van der Waals surface area contributed by atoms with E-state index in [4.69, 9.17) is 0 Å². The summed E-state index contributed by atoms with van der Waals surface area (Å²) in [6.07, 6.45) is 0. The highest BCUT2D eigenvalue weighted by Crippen LogP contribution is 2.50. The average molecular weight is 210 g/mol. The summed E-state index contributed by atoms with van der Waals surface area (Å²) in [4.78, 5) is 0. The number of hydroxylamine groups is 2. The van der Waals surface area contributed by atoms with Gasteiger partial charge in [0.15, 0.2) is 0 Å². The van der Waals surface area contributed by atoms with Crippen LogP contribution in [0.15, 0.2) is 30.3 Å². The third kappa shape index (κ3) is 1.69. The SMILES string of the molecule is CN1CC[N+](C)([O-])P1c1ccccc1. The highest BCUT2D eigenvalue weighted by molar-refractivity contribution is 7.57. The zero-order chi connectivity index (χ0) is 10.2. The van der Waals surface area contributed by atoms with E-state index in [1.54, 1.807) is 7.05 Å². The number of hydrogen-bond donors (Lipinski definition) is 0. The Bertz CT molecular complexity index is 315. The van der Waals surface area contributed by atoms with Crippen molar-refractivity contribution in [3.8, 4) is 0 Å². The van der Waals surface area contributed by atoms with Gasteiger partial charge in [-0.3, -0.25) is 0 Å². The van der Waals surface area contributed by atoms with E-state index < -0.39 is 8.22 Å². The van der Waals surface area contributed by atoms with E-state index in [9.17, 15) is 5.21 Å². The molecule has 14 heavy (non-hydrogen) atoms. The molecule has 1 saturated heterocycles. The van der Waals surface area contributed by atoms with Gasteiger partial charge >= 0.3 is 0 Å². The Morgan fingerprint density at radius 3 is 2.50 bits per heavy atom. The lowest BCUT2D eigenvalue weighted by molar-refractivity contribution is -0.721. The smallest absolute Gasteiger partial charge is 0.218 e. The molecule has 0 radical (unpaired) electrons. The van der Waals surface area contributed by atoms with Crippen LogP contribution in [0.25, 0.3) is 0 Å². The van der Waals surface area contributed by atoms with Crippen molar-refractivity contribution in [2.45, 2.75) is 0 Å². The molecule has 0 bridgehead atoms. The molecule has 4 heteroatoms. The fraction of sp³-hybridized carbons (Fsp3) is 0.400. The average Bonchev–Trinajstić information content (AvgIpc) is 2.42. The Labute approximate surface area is 86.0 Å². The Kier molecular flexibility index (Phi) is 2.58. The van der Waals surface area contributed by atoms with Gasteiger partial charge in [-0.25, -0.2) is 4.67 Å². The van der Waals surface area contributed by atoms with Crippen molar-refractivity contribution in [3.05, 3.63) is 35.5 Å². The van der Waals surface area contributed by atoms with Gasteiger partial charge in [0.1, 0.15) is 0 Å². The molecule has 1 aliphatic heterocycles. The highest BCUT2D eigenvalue weighted by atomic mass is 31.1. The maximum atomic E-state index is 12.2. The predicted octanol–water partition coefficient (Wildman–Crippen LogP) is 1.51. The van der Waals surface area contributed by atoms with Crippen molar-refractivity contribution < 1.29 is 4.42 Å². The van der Waals surface area contributed by atoms with Gasteiger partial charge in [0.25, 0.3) is 0 Å². The molecule has 2 rings (SSSR count). The number of nitrogens with zero attached hydrogens (tertiary/aromatic N) is 2. The predicted molar refractivity (Wildman–Crippen MR) is 60.0 cm³/mol. The van der Waals surface area contributed by atoms with Crippen LogP contribution in [-0.2, 0) is 0 Å². The number of likely N-dealkylation sites (N-methyl/N-ethyl adjacent to an activating group) is 2. The van der Waals surface area contributed by atoms with Gasteiger partial charge < -0.3 is 9.62 Å². The van der Waals surface area contributed by atoms with Crippen LogP contribution in [0.1, 0.15) is 0 Å². The summed E-state index contributed by atoms with van der Waals surface area (Å²) in [6, 6.07) is 10.1. The lowest BCUT2D eigenvalue weighted by Crippen LogP contribution is -2.32. The summed E-state index contributed by atoms with van der Waals surface area (Å²) >= 11 is 0. The van der Waals surface area contributed by atoms with Crippen molar-refractivity contribution in [1.29, 1.82) is 0 Å². The minimum Gasteiger partial charge on any atom is -0.631 e. The normalized spacial score (nSPS) is 33.5. The third-order valence-corrected chi connectivity index (χ3v) is 5.16. The molecule has 1 aromatic carbocycles. The minimum atomic E-state index is -0.729. The zero-order valence-electron chi connectivity index (χ0n) is 8.55. The first-order valence-electron chi connectivity index (χ1n) is 4.74. The summed E-state index contributed by atoms with van der Waals surface area (Å²) in [5.74, 6) is 0. The molecule has 2 unspecified atom stereocenters. The topological polar surface area (TPSA) is 26.3 Å². The monoisotopic (exact) mass is 210 g/mol. The van der Waals surface area contributed by atoms with Crippen molar-refractivity contribution >= 4 is 13.5 Å². The van der Waals surface area contributed by atoms with Crippen LogP contribution >= 0.6 is 8.22 Å². The van der Waals surface area contributed by atoms with Crippen molar-refractivity contribution in [1.82, 2.24) is 4.67 Å². The minimum absolute atomic E-state index is 0.115. The van der Waals surface area contributed by atoms with Crippen LogP contribution in [-0.4, -0.2) is 36.3 Å². The summed E-state index contributed by atoms with van der Waals surface area (Å²) < 4.78 is 2.08. The molecule has 0 amide bonds. The van der Waals surface area contributed by atoms with Crippen molar-refractivity contribution in [2.24, 2.45) is 0 Å². The van der Waals surface area contributed by atoms with E-state index in [1.807, 2.05) is 25.2 Å². The number of benzene rings is 1. The van der Waals surface area contributed by atoms with Gasteiger partial charge in [-0.15, -0.1) is 0 Å². The Hall–Kier alpha value is -0.470. The lowest BCUT2D eigenvalue weighted by atomic mass is 10.4. The van der Waals surface area contributed by atoms with Crippen molar-refractivity contribution in [2.75, 3.05) is 27.2 Å². The maximum Gasteiger partial charge on any atom is 0.218 e. The molecule has 0 N–H and O–H groups in total.